The zero-order valence-electron chi connectivity index (χ0n) is 8.89. The lowest BCUT2D eigenvalue weighted by atomic mass is 10.2. The molecule has 0 atom stereocenters. The molecule has 92 valence electrons. The highest BCUT2D eigenvalue weighted by Gasteiger charge is 2.12. The second-order valence-corrected chi connectivity index (χ2v) is 4.12. The maximum atomic E-state index is 11.9. The molecule has 0 saturated heterocycles. The first kappa shape index (κ1) is 12.6. The van der Waals surface area contributed by atoms with Gasteiger partial charge in [0.25, 0.3) is 5.91 Å². The topological polar surface area (TPSA) is 75.1 Å². The lowest BCUT2D eigenvalue weighted by Gasteiger charge is -2.05. The summed E-state index contributed by atoms with van der Waals surface area (Å²) < 4.78 is 0. The fourth-order valence-corrected chi connectivity index (χ4v) is 1.59. The highest BCUT2D eigenvalue weighted by atomic mass is 35.5. The van der Waals surface area contributed by atoms with Gasteiger partial charge >= 0.3 is 0 Å². The van der Waals surface area contributed by atoms with E-state index in [9.17, 15) is 9.90 Å². The third-order valence-electron chi connectivity index (χ3n) is 2.04. The fraction of sp³-hybridized carbons (Fsp3) is 0. The van der Waals surface area contributed by atoms with E-state index in [1.165, 1.54) is 30.5 Å². The number of carbonyl (C=O) groups is 1. The van der Waals surface area contributed by atoms with Crippen molar-refractivity contribution in [3.63, 3.8) is 0 Å². The first-order valence-electron chi connectivity index (χ1n) is 4.84. The van der Waals surface area contributed by atoms with Crippen LogP contribution in [0.2, 0.25) is 10.2 Å². The van der Waals surface area contributed by atoms with Crippen LogP contribution in [0, 0.1) is 0 Å². The number of phenolic OH excluding ortho intramolecular Hbond substituents is 1. The Kier molecular flexibility index (Phi) is 3.64. The molecule has 2 aromatic rings. The Hall–Kier alpha value is -1.85. The smallest absolute Gasteiger partial charge is 0.259 e. The maximum absolute atomic E-state index is 11.9. The van der Waals surface area contributed by atoms with Crippen molar-refractivity contribution in [2.75, 3.05) is 5.32 Å². The minimum absolute atomic E-state index is 0.0587. The molecule has 2 rings (SSSR count). The van der Waals surface area contributed by atoms with Gasteiger partial charge in [-0.1, -0.05) is 23.2 Å². The van der Waals surface area contributed by atoms with Crippen LogP contribution >= 0.6 is 23.2 Å². The molecule has 1 amide bonds. The van der Waals surface area contributed by atoms with Gasteiger partial charge in [-0.05, 0) is 24.3 Å². The molecule has 18 heavy (non-hydrogen) atoms. The molecule has 0 aliphatic carbocycles. The van der Waals surface area contributed by atoms with Gasteiger partial charge in [-0.3, -0.25) is 10.1 Å². The number of nitrogens with zero attached hydrogens (tertiary/aromatic N) is 2. The molecule has 0 aliphatic heterocycles. The standard InChI is InChI=1S/C11H7Cl2N3O2/c12-8-2-1-6(17)5-7(8)10(18)16-11-14-4-3-9(13)15-11/h1-5,17H,(H,14,15,16,18). The van der Waals surface area contributed by atoms with Gasteiger partial charge < -0.3 is 5.11 Å². The highest BCUT2D eigenvalue weighted by Crippen LogP contribution is 2.21. The van der Waals surface area contributed by atoms with E-state index in [1.807, 2.05) is 0 Å². The number of amides is 1. The molecule has 2 N–H and O–H groups in total. The highest BCUT2D eigenvalue weighted by molar-refractivity contribution is 6.34. The molecule has 0 aliphatic rings. The summed E-state index contributed by atoms with van der Waals surface area (Å²) in [6.45, 7) is 0. The second kappa shape index (κ2) is 5.20. The number of carbonyl (C=O) groups excluding carboxylic acids is 1. The zero-order valence-corrected chi connectivity index (χ0v) is 10.4. The summed E-state index contributed by atoms with van der Waals surface area (Å²) in [5, 5.41) is 12.2. The van der Waals surface area contributed by atoms with Crippen molar-refractivity contribution >= 4 is 35.1 Å². The van der Waals surface area contributed by atoms with Crippen LogP contribution in [-0.4, -0.2) is 21.0 Å². The van der Waals surface area contributed by atoms with Crippen molar-refractivity contribution in [2.45, 2.75) is 0 Å². The third-order valence-corrected chi connectivity index (χ3v) is 2.58. The fourth-order valence-electron chi connectivity index (χ4n) is 1.25. The predicted octanol–water partition coefficient (Wildman–Crippen LogP) is 2.74. The molecule has 0 fully saturated rings. The van der Waals surface area contributed by atoms with Gasteiger partial charge in [0.15, 0.2) is 0 Å². The number of nitrogens with one attached hydrogen (secondary N) is 1. The number of anilines is 1. The maximum Gasteiger partial charge on any atom is 0.259 e. The van der Waals surface area contributed by atoms with E-state index in [-0.39, 0.29) is 27.4 Å². The van der Waals surface area contributed by atoms with E-state index in [4.69, 9.17) is 23.2 Å². The van der Waals surface area contributed by atoms with Gasteiger partial charge in [0.05, 0.1) is 10.6 Å². The minimum Gasteiger partial charge on any atom is -0.508 e. The van der Waals surface area contributed by atoms with Crippen molar-refractivity contribution in [1.82, 2.24) is 9.97 Å². The van der Waals surface area contributed by atoms with Gasteiger partial charge in [0, 0.05) is 6.20 Å². The van der Waals surface area contributed by atoms with Crippen LogP contribution in [0.25, 0.3) is 0 Å². The quantitative estimate of drug-likeness (QED) is 0.831. The predicted molar refractivity (Wildman–Crippen MR) is 68.1 cm³/mol. The lowest BCUT2D eigenvalue weighted by Crippen LogP contribution is -2.14. The van der Waals surface area contributed by atoms with E-state index in [0.29, 0.717) is 0 Å². The molecule has 0 bridgehead atoms. The average molecular weight is 284 g/mol. The van der Waals surface area contributed by atoms with Crippen LogP contribution in [0.1, 0.15) is 10.4 Å². The molecule has 1 aromatic heterocycles. The number of phenols is 1. The summed E-state index contributed by atoms with van der Waals surface area (Å²) in [7, 11) is 0. The molecule has 7 heteroatoms. The largest absolute Gasteiger partial charge is 0.508 e. The number of rotatable bonds is 2. The third kappa shape index (κ3) is 2.88. The average Bonchev–Trinajstić information content (AvgIpc) is 2.32. The SMILES string of the molecule is O=C(Nc1nccc(Cl)n1)c1cc(O)ccc1Cl. The number of halogens is 2. The van der Waals surface area contributed by atoms with Crippen LogP contribution in [0.5, 0.6) is 5.75 Å². The molecular weight excluding hydrogens is 277 g/mol. The Morgan fingerprint density at radius 1 is 1.28 bits per heavy atom. The van der Waals surface area contributed by atoms with Gasteiger partial charge in [-0.15, -0.1) is 0 Å². The first-order chi connectivity index (χ1) is 8.56. The van der Waals surface area contributed by atoms with Crippen molar-refractivity contribution in [3.05, 3.63) is 46.2 Å². The molecule has 0 saturated carbocycles. The Morgan fingerprint density at radius 3 is 2.78 bits per heavy atom. The van der Waals surface area contributed by atoms with Crippen molar-refractivity contribution < 1.29 is 9.90 Å². The molecule has 1 heterocycles. The Morgan fingerprint density at radius 2 is 2.06 bits per heavy atom. The number of hydrogen-bond donors (Lipinski definition) is 2. The number of aromatic hydroxyl groups is 1. The minimum atomic E-state index is -0.529. The molecular formula is C11H7Cl2N3O2. The second-order valence-electron chi connectivity index (χ2n) is 3.32. The van der Waals surface area contributed by atoms with Crippen molar-refractivity contribution in [1.29, 1.82) is 0 Å². The number of aromatic nitrogens is 2. The summed E-state index contributed by atoms with van der Waals surface area (Å²) >= 11 is 11.5. The number of benzene rings is 1. The molecule has 0 radical (unpaired) electrons. The summed E-state index contributed by atoms with van der Waals surface area (Å²) in [5.74, 6) is -0.526. The Bertz CT molecular complexity index is 605. The van der Waals surface area contributed by atoms with Crippen molar-refractivity contribution in [2.24, 2.45) is 0 Å². The first-order valence-corrected chi connectivity index (χ1v) is 5.60. The molecule has 1 aromatic carbocycles. The van der Waals surface area contributed by atoms with Crippen LogP contribution in [-0.2, 0) is 0 Å². The van der Waals surface area contributed by atoms with Crippen molar-refractivity contribution in [3.8, 4) is 5.75 Å². The summed E-state index contributed by atoms with van der Waals surface area (Å²) in [4.78, 5) is 19.5. The van der Waals surface area contributed by atoms with Gasteiger partial charge in [-0.2, -0.15) is 0 Å². The summed E-state index contributed by atoms with van der Waals surface area (Å²) in [5.41, 5.74) is 0.125. The summed E-state index contributed by atoms with van der Waals surface area (Å²) in [6.07, 6.45) is 1.41. The van der Waals surface area contributed by atoms with E-state index >= 15 is 0 Å². The van der Waals surface area contributed by atoms with Crippen LogP contribution in [0.4, 0.5) is 5.95 Å². The van der Waals surface area contributed by atoms with Crippen LogP contribution < -0.4 is 5.32 Å². The van der Waals surface area contributed by atoms with Gasteiger partial charge in [0.2, 0.25) is 5.95 Å². The molecule has 0 spiro atoms. The van der Waals surface area contributed by atoms with E-state index in [1.54, 1.807) is 0 Å². The Labute approximate surface area is 112 Å². The zero-order chi connectivity index (χ0) is 13.1. The van der Waals surface area contributed by atoms with Gasteiger partial charge in [-0.25, -0.2) is 9.97 Å². The molecule has 0 unspecified atom stereocenters. The summed E-state index contributed by atoms with van der Waals surface area (Å²) in [6, 6.07) is 5.54. The monoisotopic (exact) mass is 283 g/mol. The molecule has 5 nitrogen and oxygen atoms in total. The van der Waals surface area contributed by atoms with Gasteiger partial charge in [0.1, 0.15) is 10.9 Å². The normalized spacial score (nSPS) is 10.1. The van der Waals surface area contributed by atoms with Crippen LogP contribution in [0.15, 0.2) is 30.5 Å². The Balaban J connectivity index is 2.24. The van der Waals surface area contributed by atoms with E-state index in [0.717, 1.165) is 0 Å². The van der Waals surface area contributed by atoms with E-state index < -0.39 is 5.91 Å². The number of hydrogen-bond acceptors (Lipinski definition) is 4. The van der Waals surface area contributed by atoms with Crippen LogP contribution in [0.3, 0.4) is 0 Å². The lowest BCUT2D eigenvalue weighted by molar-refractivity contribution is 0.102. The van der Waals surface area contributed by atoms with E-state index in [2.05, 4.69) is 15.3 Å².